The van der Waals surface area contributed by atoms with E-state index in [0.717, 1.165) is 33.2 Å². The standard InChI is InChI=1S/C17H21N3O2S/c1-11-7-14(12(2)22-11)17(3,21)10-18-8-13-9-19-20-16(13)15-5-4-6-23-15/h4-7,9,18,21H,8,10H2,1-3H3,(H,19,20). The van der Waals surface area contributed by atoms with E-state index in [2.05, 4.69) is 21.6 Å². The largest absolute Gasteiger partial charge is 0.466 e. The SMILES string of the molecule is Cc1cc(C(C)(O)CNCc2cn[nH]c2-c2cccs2)c(C)o1. The van der Waals surface area contributed by atoms with Gasteiger partial charge in [-0.25, -0.2) is 0 Å². The van der Waals surface area contributed by atoms with Crippen LogP contribution in [0.2, 0.25) is 0 Å². The number of aryl methyl sites for hydroxylation is 2. The molecule has 0 amide bonds. The molecule has 3 aromatic heterocycles. The van der Waals surface area contributed by atoms with Crippen molar-refractivity contribution in [1.82, 2.24) is 15.5 Å². The van der Waals surface area contributed by atoms with Gasteiger partial charge in [-0.05, 0) is 38.3 Å². The zero-order valence-electron chi connectivity index (χ0n) is 13.5. The average Bonchev–Trinajstić information content (AvgIpc) is 3.19. The number of H-pyrrole nitrogens is 1. The molecule has 0 aliphatic rings. The van der Waals surface area contributed by atoms with E-state index >= 15 is 0 Å². The van der Waals surface area contributed by atoms with E-state index in [1.54, 1.807) is 18.3 Å². The summed E-state index contributed by atoms with van der Waals surface area (Å²) in [5.41, 5.74) is 1.97. The number of nitrogens with zero attached hydrogens (tertiary/aromatic N) is 1. The molecule has 3 rings (SSSR count). The Hall–Kier alpha value is -1.89. The minimum Gasteiger partial charge on any atom is -0.466 e. The van der Waals surface area contributed by atoms with Crippen molar-refractivity contribution >= 4 is 11.3 Å². The van der Waals surface area contributed by atoms with E-state index in [1.165, 1.54) is 0 Å². The second kappa shape index (κ2) is 6.31. The molecular weight excluding hydrogens is 310 g/mol. The molecule has 0 aliphatic carbocycles. The number of thiophene rings is 1. The molecule has 122 valence electrons. The summed E-state index contributed by atoms with van der Waals surface area (Å²) in [6.45, 7) is 6.63. The first-order valence-corrected chi connectivity index (χ1v) is 8.42. The van der Waals surface area contributed by atoms with Crippen LogP contribution in [-0.4, -0.2) is 21.8 Å². The maximum atomic E-state index is 10.7. The van der Waals surface area contributed by atoms with Crippen LogP contribution in [0.3, 0.4) is 0 Å². The molecule has 0 radical (unpaired) electrons. The van der Waals surface area contributed by atoms with Crippen molar-refractivity contribution in [3.8, 4) is 10.6 Å². The maximum absolute atomic E-state index is 10.7. The van der Waals surface area contributed by atoms with Gasteiger partial charge in [0, 0.05) is 24.2 Å². The smallest absolute Gasteiger partial charge is 0.107 e. The lowest BCUT2D eigenvalue weighted by atomic mass is 9.96. The molecule has 0 aliphatic heterocycles. The molecule has 0 fully saturated rings. The van der Waals surface area contributed by atoms with E-state index in [4.69, 9.17) is 4.42 Å². The summed E-state index contributed by atoms with van der Waals surface area (Å²) in [6, 6.07) is 5.98. The molecule has 3 aromatic rings. The molecule has 1 atom stereocenters. The third kappa shape index (κ3) is 3.39. The van der Waals surface area contributed by atoms with Gasteiger partial charge in [0.2, 0.25) is 0 Å². The van der Waals surface area contributed by atoms with Gasteiger partial charge in [0.25, 0.3) is 0 Å². The minimum atomic E-state index is -0.978. The van der Waals surface area contributed by atoms with E-state index in [0.29, 0.717) is 13.1 Å². The van der Waals surface area contributed by atoms with Crippen LogP contribution < -0.4 is 5.32 Å². The molecule has 0 saturated carbocycles. The monoisotopic (exact) mass is 331 g/mol. The Morgan fingerprint density at radius 1 is 1.43 bits per heavy atom. The highest BCUT2D eigenvalue weighted by Gasteiger charge is 2.27. The highest BCUT2D eigenvalue weighted by atomic mass is 32.1. The third-order valence-corrected chi connectivity index (χ3v) is 4.78. The highest BCUT2D eigenvalue weighted by Crippen LogP contribution is 2.28. The summed E-state index contributed by atoms with van der Waals surface area (Å²) >= 11 is 1.67. The first kappa shape index (κ1) is 16.0. The average molecular weight is 331 g/mol. The summed E-state index contributed by atoms with van der Waals surface area (Å²) in [6.07, 6.45) is 1.82. The van der Waals surface area contributed by atoms with Crippen LogP contribution in [0, 0.1) is 13.8 Å². The topological polar surface area (TPSA) is 74.1 Å². The van der Waals surface area contributed by atoms with Gasteiger partial charge >= 0.3 is 0 Å². The van der Waals surface area contributed by atoms with Crippen molar-refractivity contribution in [2.45, 2.75) is 32.9 Å². The Labute approximate surface area is 139 Å². The summed E-state index contributed by atoms with van der Waals surface area (Å²) in [7, 11) is 0. The van der Waals surface area contributed by atoms with Crippen molar-refractivity contribution in [3.63, 3.8) is 0 Å². The molecular formula is C17H21N3O2S. The van der Waals surface area contributed by atoms with Crippen LogP contribution in [0.25, 0.3) is 10.6 Å². The van der Waals surface area contributed by atoms with E-state index in [9.17, 15) is 5.11 Å². The number of nitrogens with one attached hydrogen (secondary N) is 2. The van der Waals surface area contributed by atoms with Crippen LogP contribution in [0.5, 0.6) is 0 Å². The van der Waals surface area contributed by atoms with Gasteiger partial charge in [-0.2, -0.15) is 5.10 Å². The number of furan rings is 1. The maximum Gasteiger partial charge on any atom is 0.107 e. The Morgan fingerprint density at radius 2 is 2.26 bits per heavy atom. The van der Waals surface area contributed by atoms with Crippen molar-refractivity contribution in [2.75, 3.05) is 6.54 Å². The van der Waals surface area contributed by atoms with Crippen molar-refractivity contribution < 1.29 is 9.52 Å². The second-order valence-electron chi connectivity index (χ2n) is 5.95. The van der Waals surface area contributed by atoms with Crippen LogP contribution in [0.15, 0.2) is 34.2 Å². The molecule has 3 heterocycles. The predicted octanol–water partition coefficient (Wildman–Crippen LogP) is 3.35. The molecule has 0 saturated heterocycles. The number of hydrogen-bond acceptors (Lipinski definition) is 5. The summed E-state index contributed by atoms with van der Waals surface area (Å²) in [5.74, 6) is 1.57. The minimum absolute atomic E-state index is 0.432. The van der Waals surface area contributed by atoms with Crippen molar-refractivity contribution in [1.29, 1.82) is 0 Å². The molecule has 0 spiro atoms. The van der Waals surface area contributed by atoms with Gasteiger partial charge < -0.3 is 14.8 Å². The normalized spacial score (nSPS) is 14.1. The van der Waals surface area contributed by atoms with Crippen molar-refractivity contribution in [2.24, 2.45) is 0 Å². The molecule has 5 nitrogen and oxygen atoms in total. The Morgan fingerprint density at radius 3 is 2.91 bits per heavy atom. The lowest BCUT2D eigenvalue weighted by Crippen LogP contribution is -2.35. The summed E-state index contributed by atoms with van der Waals surface area (Å²) < 4.78 is 5.52. The molecule has 6 heteroatoms. The lowest BCUT2D eigenvalue weighted by molar-refractivity contribution is 0.0552. The third-order valence-electron chi connectivity index (χ3n) is 3.89. The Bertz CT molecular complexity index is 772. The molecule has 0 bridgehead atoms. The quantitative estimate of drug-likeness (QED) is 0.647. The number of rotatable bonds is 6. The van der Waals surface area contributed by atoms with Gasteiger partial charge in [0.15, 0.2) is 0 Å². The van der Waals surface area contributed by atoms with Crippen LogP contribution in [-0.2, 0) is 12.1 Å². The van der Waals surface area contributed by atoms with Crippen LogP contribution in [0.4, 0.5) is 0 Å². The molecule has 23 heavy (non-hydrogen) atoms. The lowest BCUT2D eigenvalue weighted by Gasteiger charge is -2.23. The number of aliphatic hydroxyl groups is 1. The van der Waals surface area contributed by atoms with Gasteiger partial charge in [-0.3, -0.25) is 5.10 Å². The summed E-state index contributed by atoms with van der Waals surface area (Å²) in [4.78, 5) is 1.16. The highest BCUT2D eigenvalue weighted by molar-refractivity contribution is 7.13. The summed E-state index contributed by atoms with van der Waals surface area (Å²) in [5, 5.41) is 23.3. The van der Waals surface area contributed by atoms with Crippen LogP contribution in [0.1, 0.15) is 29.6 Å². The first-order chi connectivity index (χ1) is 11.0. The number of hydrogen-bond donors (Lipinski definition) is 3. The fraction of sp³-hybridized carbons (Fsp3) is 0.353. The van der Waals surface area contributed by atoms with E-state index in [-0.39, 0.29) is 0 Å². The second-order valence-corrected chi connectivity index (χ2v) is 6.90. The van der Waals surface area contributed by atoms with Crippen molar-refractivity contribution in [3.05, 3.63) is 52.4 Å². The van der Waals surface area contributed by atoms with Gasteiger partial charge in [0.05, 0.1) is 16.8 Å². The Balaban J connectivity index is 1.66. The van der Waals surface area contributed by atoms with Crippen LogP contribution >= 0.6 is 11.3 Å². The molecule has 0 aromatic carbocycles. The Kier molecular flexibility index (Phi) is 4.39. The zero-order chi connectivity index (χ0) is 16.4. The molecule has 3 N–H and O–H groups in total. The zero-order valence-corrected chi connectivity index (χ0v) is 14.3. The fourth-order valence-electron chi connectivity index (χ4n) is 2.78. The van der Waals surface area contributed by atoms with E-state index < -0.39 is 5.60 Å². The predicted molar refractivity (Wildman–Crippen MR) is 91.4 cm³/mol. The number of aromatic amines is 1. The van der Waals surface area contributed by atoms with Gasteiger partial charge in [0.1, 0.15) is 17.1 Å². The van der Waals surface area contributed by atoms with Gasteiger partial charge in [-0.1, -0.05) is 6.07 Å². The molecule has 1 unspecified atom stereocenters. The fourth-order valence-corrected chi connectivity index (χ4v) is 3.54. The first-order valence-electron chi connectivity index (χ1n) is 7.54. The number of aromatic nitrogens is 2. The van der Waals surface area contributed by atoms with E-state index in [1.807, 2.05) is 37.6 Å². The van der Waals surface area contributed by atoms with Gasteiger partial charge in [-0.15, -0.1) is 11.3 Å².